The Morgan fingerprint density at radius 3 is 2.53 bits per heavy atom. The molecule has 0 aromatic rings. The minimum absolute atomic E-state index is 0.0910. The van der Waals surface area contributed by atoms with E-state index >= 15 is 0 Å². The summed E-state index contributed by atoms with van der Waals surface area (Å²) in [6.45, 7) is -0.996. The Hall–Kier alpha value is -0.0200. The number of carbonyl (C=O) groups excluding carboxylic acids is 1. The second-order valence-electron chi connectivity index (χ2n) is 3.98. The van der Waals surface area contributed by atoms with Crippen LogP contribution >= 0.6 is 34.8 Å². The predicted octanol–water partition coefficient (Wildman–Crippen LogP) is -0.436. The van der Waals surface area contributed by atoms with Gasteiger partial charge >= 0.3 is 6.09 Å². The van der Waals surface area contributed by atoms with Crippen molar-refractivity contribution in [3.8, 4) is 0 Å². The lowest BCUT2D eigenvalue weighted by Crippen LogP contribution is -2.60. The van der Waals surface area contributed by atoms with Crippen molar-refractivity contribution in [3.05, 3.63) is 0 Å². The molecule has 19 heavy (non-hydrogen) atoms. The number of rotatable bonds is 3. The van der Waals surface area contributed by atoms with Crippen LogP contribution in [0.4, 0.5) is 4.79 Å². The van der Waals surface area contributed by atoms with Crippen molar-refractivity contribution in [3.63, 3.8) is 0 Å². The largest absolute Gasteiger partial charge is 0.445 e. The summed E-state index contributed by atoms with van der Waals surface area (Å²) in [5.74, 6) is 0. The third-order valence-corrected chi connectivity index (χ3v) is 2.81. The summed E-state index contributed by atoms with van der Waals surface area (Å²) < 4.78 is 7.93. The standard InChI is InChI=1S/C9H14Cl3NO6/c10-9(11,12)3-19-8(17)13-4-2-18-5(1-14)7(16)6(4)15/h4-7,14-16H,1-3H2,(H,13,17)/t4-,5+,6+,7+/m0/s1. The zero-order valence-corrected chi connectivity index (χ0v) is 11.9. The molecule has 1 aliphatic heterocycles. The molecule has 1 fully saturated rings. The van der Waals surface area contributed by atoms with Gasteiger partial charge in [0.1, 0.15) is 24.9 Å². The van der Waals surface area contributed by atoms with Gasteiger partial charge in [0, 0.05) is 0 Å². The number of amides is 1. The first-order valence-electron chi connectivity index (χ1n) is 5.33. The van der Waals surface area contributed by atoms with Gasteiger partial charge in [-0.25, -0.2) is 4.79 Å². The smallest absolute Gasteiger partial charge is 0.407 e. The number of nitrogens with one attached hydrogen (secondary N) is 1. The predicted molar refractivity (Wildman–Crippen MR) is 67.4 cm³/mol. The van der Waals surface area contributed by atoms with E-state index in [1.54, 1.807) is 0 Å². The third kappa shape index (κ3) is 5.47. The molecule has 0 aliphatic carbocycles. The van der Waals surface area contributed by atoms with Crippen LogP contribution in [0.15, 0.2) is 0 Å². The molecule has 112 valence electrons. The number of aliphatic hydroxyl groups excluding tert-OH is 3. The van der Waals surface area contributed by atoms with Crippen LogP contribution in [-0.4, -0.2) is 69.4 Å². The second-order valence-corrected chi connectivity index (χ2v) is 6.49. The fourth-order valence-corrected chi connectivity index (χ4v) is 1.67. The van der Waals surface area contributed by atoms with Crippen molar-refractivity contribution >= 4 is 40.9 Å². The zero-order valence-electron chi connectivity index (χ0n) is 9.63. The van der Waals surface area contributed by atoms with Crippen LogP contribution in [0.5, 0.6) is 0 Å². The molecule has 4 atom stereocenters. The van der Waals surface area contributed by atoms with Crippen LogP contribution in [0.1, 0.15) is 0 Å². The third-order valence-electron chi connectivity index (χ3n) is 2.48. The van der Waals surface area contributed by atoms with Crippen molar-refractivity contribution in [1.29, 1.82) is 0 Å². The highest BCUT2D eigenvalue weighted by Crippen LogP contribution is 2.26. The van der Waals surface area contributed by atoms with E-state index in [0.717, 1.165) is 0 Å². The number of hydrogen-bond acceptors (Lipinski definition) is 6. The van der Waals surface area contributed by atoms with Gasteiger partial charge in [-0.15, -0.1) is 0 Å². The van der Waals surface area contributed by atoms with E-state index in [1.807, 2.05) is 0 Å². The first kappa shape index (κ1) is 17.0. The number of ether oxygens (including phenoxy) is 2. The van der Waals surface area contributed by atoms with Crippen molar-refractivity contribution in [2.24, 2.45) is 0 Å². The van der Waals surface area contributed by atoms with Gasteiger partial charge < -0.3 is 30.1 Å². The summed E-state index contributed by atoms with van der Waals surface area (Å²) in [5.41, 5.74) is 0. The van der Waals surface area contributed by atoms with Crippen LogP contribution in [0.25, 0.3) is 0 Å². The Morgan fingerprint density at radius 1 is 1.37 bits per heavy atom. The molecule has 1 amide bonds. The normalized spacial score (nSPS) is 31.9. The molecule has 0 aromatic heterocycles. The molecule has 0 radical (unpaired) electrons. The summed E-state index contributed by atoms with van der Waals surface area (Å²) in [6, 6.07) is -0.888. The van der Waals surface area contributed by atoms with E-state index in [2.05, 4.69) is 10.1 Å². The molecule has 10 heteroatoms. The number of aliphatic hydroxyl groups is 3. The van der Waals surface area contributed by atoms with Crippen molar-refractivity contribution < 1.29 is 29.6 Å². The van der Waals surface area contributed by atoms with Gasteiger partial charge in [0.05, 0.1) is 19.3 Å². The van der Waals surface area contributed by atoms with E-state index in [4.69, 9.17) is 44.6 Å². The van der Waals surface area contributed by atoms with Crippen molar-refractivity contribution in [1.82, 2.24) is 5.32 Å². The summed E-state index contributed by atoms with van der Waals surface area (Å²) in [6.07, 6.45) is -4.44. The Morgan fingerprint density at radius 2 is 2.00 bits per heavy atom. The minimum atomic E-state index is -1.74. The number of hydrogen-bond donors (Lipinski definition) is 4. The summed E-state index contributed by atoms with van der Waals surface area (Å²) in [7, 11) is 0. The van der Waals surface area contributed by atoms with Crippen LogP contribution < -0.4 is 5.32 Å². The van der Waals surface area contributed by atoms with E-state index in [-0.39, 0.29) is 6.61 Å². The highest BCUT2D eigenvalue weighted by molar-refractivity contribution is 6.67. The van der Waals surface area contributed by atoms with Crippen LogP contribution in [0.3, 0.4) is 0 Å². The molecule has 0 spiro atoms. The SMILES string of the molecule is O=C(N[C@H]1CO[C@H](CO)[C@@H](O)[C@@H]1O)OCC(Cl)(Cl)Cl. The molecule has 0 bridgehead atoms. The maximum absolute atomic E-state index is 11.4. The fraction of sp³-hybridized carbons (Fsp3) is 0.889. The van der Waals surface area contributed by atoms with E-state index in [9.17, 15) is 15.0 Å². The molecule has 7 nitrogen and oxygen atoms in total. The van der Waals surface area contributed by atoms with Gasteiger partial charge in [-0.05, 0) is 0 Å². The molecule has 1 saturated heterocycles. The lowest BCUT2D eigenvalue weighted by Gasteiger charge is -2.36. The summed E-state index contributed by atoms with van der Waals surface area (Å²) in [5, 5.41) is 30.4. The maximum Gasteiger partial charge on any atom is 0.407 e. The van der Waals surface area contributed by atoms with Gasteiger partial charge in [0.2, 0.25) is 3.79 Å². The quantitative estimate of drug-likeness (QED) is 0.520. The molecular weight excluding hydrogens is 324 g/mol. The molecule has 1 heterocycles. The van der Waals surface area contributed by atoms with Gasteiger partial charge in [-0.3, -0.25) is 0 Å². The topological polar surface area (TPSA) is 108 Å². The number of halogens is 3. The van der Waals surface area contributed by atoms with E-state index in [0.29, 0.717) is 0 Å². The van der Waals surface area contributed by atoms with Crippen LogP contribution in [0, 0.1) is 0 Å². The van der Waals surface area contributed by atoms with Gasteiger partial charge in [0.15, 0.2) is 0 Å². The first-order valence-corrected chi connectivity index (χ1v) is 6.46. The summed E-state index contributed by atoms with van der Waals surface area (Å²) >= 11 is 16.2. The number of alkyl halides is 3. The first-order chi connectivity index (χ1) is 8.74. The highest BCUT2D eigenvalue weighted by atomic mass is 35.6. The van der Waals surface area contributed by atoms with E-state index in [1.165, 1.54) is 0 Å². The maximum atomic E-state index is 11.4. The van der Waals surface area contributed by atoms with Crippen LogP contribution in [0.2, 0.25) is 0 Å². The second kappa shape index (κ2) is 7.12. The highest BCUT2D eigenvalue weighted by Gasteiger charge is 2.39. The lowest BCUT2D eigenvalue weighted by atomic mass is 9.99. The average molecular weight is 339 g/mol. The zero-order chi connectivity index (χ0) is 14.6. The van der Waals surface area contributed by atoms with E-state index < -0.39 is 47.5 Å². The molecule has 1 aliphatic rings. The summed E-state index contributed by atoms with van der Waals surface area (Å²) in [4.78, 5) is 11.4. The Balaban J connectivity index is 2.43. The molecule has 4 N–H and O–H groups in total. The molecule has 0 unspecified atom stereocenters. The van der Waals surface area contributed by atoms with Crippen LogP contribution in [-0.2, 0) is 9.47 Å². The Kier molecular flexibility index (Phi) is 6.38. The Labute approximate surface area is 124 Å². The number of carbonyl (C=O) groups is 1. The Bertz CT molecular complexity index is 313. The van der Waals surface area contributed by atoms with Gasteiger partial charge in [-0.2, -0.15) is 0 Å². The minimum Gasteiger partial charge on any atom is -0.445 e. The van der Waals surface area contributed by atoms with Gasteiger partial charge in [0.25, 0.3) is 0 Å². The molecular formula is C9H14Cl3NO6. The molecule has 0 aromatic carbocycles. The lowest BCUT2D eigenvalue weighted by molar-refractivity contribution is -0.160. The average Bonchev–Trinajstić information content (AvgIpc) is 2.32. The fourth-order valence-electron chi connectivity index (χ4n) is 1.51. The molecule has 1 rings (SSSR count). The number of alkyl carbamates (subject to hydrolysis) is 1. The molecule has 0 saturated carbocycles. The van der Waals surface area contributed by atoms with Crippen molar-refractivity contribution in [2.75, 3.05) is 19.8 Å². The monoisotopic (exact) mass is 337 g/mol. The van der Waals surface area contributed by atoms with Gasteiger partial charge in [-0.1, -0.05) is 34.8 Å². The van der Waals surface area contributed by atoms with Crippen molar-refractivity contribution in [2.45, 2.75) is 28.1 Å².